The molecule has 4 fully saturated rings. The van der Waals surface area contributed by atoms with E-state index in [4.69, 9.17) is 56.8 Å². The predicted octanol–water partition coefficient (Wildman–Crippen LogP) is 9.13. The van der Waals surface area contributed by atoms with Gasteiger partial charge in [0.05, 0.1) is 88.4 Å². The number of methoxy groups -OCH3 is 4. The van der Waals surface area contributed by atoms with Gasteiger partial charge in [-0.3, -0.25) is 30.2 Å². The first kappa shape index (κ1) is 73.2. The molecule has 0 aromatic heterocycles. The molecular weight excluding hydrogens is 1440 g/mol. The van der Waals surface area contributed by atoms with Crippen LogP contribution in [0.1, 0.15) is 150 Å². The summed E-state index contributed by atoms with van der Waals surface area (Å²) in [5, 5.41) is 75.7. The summed E-state index contributed by atoms with van der Waals surface area (Å²) in [7, 11) is 10.2. The molecule has 2 unspecified atom stereocenters. The molecule has 0 radical (unpaired) electrons. The summed E-state index contributed by atoms with van der Waals surface area (Å²) < 4.78 is 73.8. The van der Waals surface area contributed by atoms with Gasteiger partial charge < -0.3 is 82.4 Å². The molecule has 8 bridgehead atoms. The molecule has 0 aliphatic carbocycles. The highest BCUT2D eigenvalue weighted by Gasteiger charge is 2.65. The number of hydrogen-bond donors (Lipinski definition) is 7. The van der Waals surface area contributed by atoms with Crippen molar-refractivity contribution in [2.45, 2.75) is 162 Å². The number of carbonyl (C=O) groups excluding carboxylic acids is 2. The van der Waals surface area contributed by atoms with Crippen molar-refractivity contribution in [2.75, 3.05) is 107 Å². The maximum atomic E-state index is 14.8. The van der Waals surface area contributed by atoms with Gasteiger partial charge in [0.1, 0.15) is 37.0 Å². The van der Waals surface area contributed by atoms with E-state index in [2.05, 4.69) is 62.3 Å². The van der Waals surface area contributed by atoms with E-state index in [0.29, 0.717) is 109 Å². The molecule has 4 saturated heterocycles. The lowest BCUT2D eigenvalue weighted by Crippen LogP contribution is -2.70. The van der Waals surface area contributed by atoms with E-state index >= 15 is 0 Å². The summed E-state index contributed by atoms with van der Waals surface area (Å²) in [6.07, 6.45) is 2.83. The fourth-order valence-electron chi connectivity index (χ4n) is 20.4. The lowest BCUT2D eigenvalue weighted by atomic mass is 9.71. The van der Waals surface area contributed by atoms with Gasteiger partial charge in [0, 0.05) is 87.2 Å². The number of thioether (sulfide) groups is 2. The first-order valence-electron chi connectivity index (χ1n) is 37.6. The number of phenols is 4. The van der Waals surface area contributed by atoms with Gasteiger partial charge in [0.2, 0.25) is 13.6 Å². The second-order valence-electron chi connectivity index (χ2n) is 30.5. The van der Waals surface area contributed by atoms with E-state index in [-0.39, 0.29) is 90.9 Å². The number of rotatable bonds is 10. The van der Waals surface area contributed by atoms with Crippen LogP contribution in [0.4, 0.5) is 0 Å². The average Bonchev–Trinajstić information content (AvgIpc) is 1.41. The minimum absolute atomic E-state index is 0.0101. The third-order valence-electron chi connectivity index (χ3n) is 25.1. The third-order valence-corrected chi connectivity index (χ3v) is 28.1. The summed E-state index contributed by atoms with van der Waals surface area (Å²) in [4.78, 5) is 38.3. The Hall–Kier alpha value is -8.63. The van der Waals surface area contributed by atoms with Crippen LogP contribution in [0.3, 0.4) is 0 Å². The Morgan fingerprint density at radius 1 is 0.550 bits per heavy atom. The second kappa shape index (κ2) is 27.7. The Bertz CT molecular complexity index is 4810. The van der Waals surface area contributed by atoms with Crippen LogP contribution in [0, 0.1) is 39.0 Å². The molecular formula is C81H93N7O19S2. The molecule has 7 N–H and O–H groups in total. The number of phenolic OH excluding ortho intramolecular Hbond substituents is 4. The van der Waals surface area contributed by atoms with Crippen molar-refractivity contribution in [3.63, 3.8) is 0 Å². The number of aryl methyl sites for hydroxylation is 2. The van der Waals surface area contributed by atoms with Crippen molar-refractivity contribution in [2.24, 2.45) is 0 Å². The van der Waals surface area contributed by atoms with Crippen molar-refractivity contribution < 1.29 is 92.0 Å². The van der Waals surface area contributed by atoms with Gasteiger partial charge in [-0.2, -0.15) is 5.26 Å². The largest absolute Gasteiger partial charge is 0.504 e. The van der Waals surface area contributed by atoms with Crippen LogP contribution < -0.4 is 58.0 Å². The molecule has 6 aromatic rings. The Morgan fingerprint density at radius 3 is 1.42 bits per heavy atom. The number of ether oxygens (including phenoxy) is 12. The summed E-state index contributed by atoms with van der Waals surface area (Å²) >= 11 is 3.18. The van der Waals surface area contributed by atoms with Crippen LogP contribution in [0.5, 0.6) is 80.5 Å². The number of benzene rings is 6. The fourth-order valence-corrected chi connectivity index (χ4v) is 23.8. The van der Waals surface area contributed by atoms with E-state index in [1.807, 2.05) is 41.8 Å². The molecule has 578 valence electrons. The highest BCUT2D eigenvalue weighted by molar-refractivity contribution is 7.99. The molecule has 26 nitrogen and oxygen atoms in total. The quantitative estimate of drug-likeness (QED) is 0.0629. The third kappa shape index (κ3) is 10.7. The topological polar surface area (TPSA) is 307 Å². The minimum Gasteiger partial charge on any atom is -0.504 e. The van der Waals surface area contributed by atoms with Gasteiger partial charge in [-0.1, -0.05) is 26.0 Å². The summed E-state index contributed by atoms with van der Waals surface area (Å²) in [6.45, 7) is 13.7. The highest BCUT2D eigenvalue weighted by atomic mass is 32.2. The average molecular weight is 1530 g/mol. The van der Waals surface area contributed by atoms with E-state index in [9.17, 15) is 40.4 Å². The van der Waals surface area contributed by atoms with E-state index in [1.54, 1.807) is 62.0 Å². The SMILES string of the molecule is CCCOc1c(C)c2c(c3c1[C@H]1SC[C@]4(NCCc5cc(O)c(OC)cc54)C(=O)OC[C@@H]3N3C1[C@H]1c4c(cc(C)c(OC)c4O)C[C@@H]([C@@H]3C#N)N1C)OCO2.CCCOc1c(C)c2c(c3c1[C@H]1SC[C@]4(NCCc5cc(O)c(OC)cc54)C(=O)OC[C@@H]3N3C1[C@H]1c4c(cc(C)c(OC)c4O)C[C@@H]([C@@H]3O)N1C)OCO2. The zero-order valence-electron chi connectivity index (χ0n) is 63.2. The lowest BCUT2D eigenvalue weighted by molar-refractivity contribution is -0.186. The summed E-state index contributed by atoms with van der Waals surface area (Å²) in [5.74, 6) is 4.92. The van der Waals surface area contributed by atoms with Crippen molar-refractivity contribution in [1.82, 2.24) is 30.2 Å². The molecule has 14 atom stereocenters. The van der Waals surface area contributed by atoms with E-state index in [0.717, 1.165) is 90.7 Å². The van der Waals surface area contributed by atoms with Gasteiger partial charge in [0.15, 0.2) is 80.1 Å². The first-order chi connectivity index (χ1) is 52.6. The van der Waals surface area contributed by atoms with Crippen molar-refractivity contribution in [3.8, 4) is 86.6 Å². The molecule has 109 heavy (non-hydrogen) atoms. The number of nitriles is 1. The number of esters is 2. The number of likely N-dealkylation sites (N-methyl/N-ethyl adjacent to an activating group) is 2. The van der Waals surface area contributed by atoms with Crippen LogP contribution in [0.25, 0.3) is 0 Å². The lowest BCUT2D eigenvalue weighted by Gasteiger charge is -2.62. The van der Waals surface area contributed by atoms with Crippen LogP contribution in [-0.2, 0) is 55.8 Å². The Kier molecular flexibility index (Phi) is 18.6. The maximum Gasteiger partial charge on any atom is 0.331 e. The molecule has 6 aromatic carbocycles. The Labute approximate surface area is 641 Å². The number of carbonyl (C=O) groups is 2. The van der Waals surface area contributed by atoms with Crippen molar-refractivity contribution in [1.29, 1.82) is 5.26 Å². The molecule has 14 aliphatic rings. The van der Waals surface area contributed by atoms with Gasteiger partial charge >= 0.3 is 11.9 Å². The number of nitrogens with one attached hydrogen (secondary N) is 2. The molecule has 2 spiro atoms. The number of aromatic hydroxyl groups is 4. The number of aliphatic hydroxyl groups is 1. The van der Waals surface area contributed by atoms with Gasteiger partial charge in [-0.25, -0.2) is 9.59 Å². The van der Waals surface area contributed by atoms with Gasteiger partial charge in [-0.05, 0) is 149 Å². The first-order valence-corrected chi connectivity index (χ1v) is 39.7. The summed E-state index contributed by atoms with van der Waals surface area (Å²) in [5.41, 5.74) is 10.7. The molecule has 14 aliphatic heterocycles. The molecule has 0 amide bonds. The minimum atomic E-state index is -1.29. The van der Waals surface area contributed by atoms with Crippen LogP contribution >= 0.6 is 23.5 Å². The number of fused-ring (bicyclic) bond motifs is 18. The maximum absolute atomic E-state index is 14.8. The summed E-state index contributed by atoms with van der Waals surface area (Å²) in [6, 6.07) is 9.59. The predicted molar refractivity (Wildman–Crippen MR) is 402 cm³/mol. The number of nitrogens with zero attached hydrogens (tertiary/aromatic N) is 5. The second-order valence-corrected chi connectivity index (χ2v) is 32.8. The number of hydrogen-bond acceptors (Lipinski definition) is 28. The van der Waals surface area contributed by atoms with Crippen LogP contribution in [0.2, 0.25) is 0 Å². The van der Waals surface area contributed by atoms with Gasteiger partial charge in [-0.15, -0.1) is 23.5 Å². The smallest absolute Gasteiger partial charge is 0.331 e. The molecule has 20 rings (SSSR count). The Morgan fingerprint density at radius 2 is 0.982 bits per heavy atom. The standard InChI is InChI=1S/C41H46N4O9S.C40H47N3O10S/c1-7-10-51-36-20(3)37-38(54-18-53-37)30-26-16-52-40(48)41(23-14-28(49-5)27(46)13-21(23)8-9-43-41)17-55-39(31(30)36)33-32-29-22(11-19(2)35(50-6)34(29)47)12-24(44(32)4)25(15-42)45(26)33;1-7-10-50-34-19(3)35-36(53-17-52-35)28-24-15-51-39(47)40(22-14-26(48-5)25(44)13-20(22)8-9-41-40)16-54-37(29(28)34)31-30-27-21(11-18(2)33(49-6)32(27)45)12-23(42(30)4)38(46)43(24)31/h11,13-14,24-26,32-33,39,43,46-47H,7-10,12,16-18H2,1-6H3;11,13-14,23-24,30-31,37-38,41,44-46H,7-10,12,15-17H2,1-6H3/t24-,25-,26-,32+,33?,39+,41+;23-,24-,30+,31?,37+,38-,40+/m00/s1. The van der Waals surface area contributed by atoms with E-state index < -0.39 is 76.0 Å². The zero-order chi connectivity index (χ0) is 76.3. The Balaban J connectivity index is 0.000000159. The van der Waals surface area contributed by atoms with Crippen LogP contribution in [-0.4, -0.2) is 201 Å². The van der Waals surface area contributed by atoms with Crippen molar-refractivity contribution in [3.05, 3.63) is 125 Å². The fraction of sp³-hybridized carbons (Fsp3) is 0.519. The zero-order valence-corrected chi connectivity index (χ0v) is 64.8. The normalized spacial score (nSPS) is 29.2. The van der Waals surface area contributed by atoms with Crippen LogP contribution in [0.15, 0.2) is 36.4 Å². The molecule has 28 heteroatoms. The van der Waals surface area contributed by atoms with Gasteiger partial charge in [0.25, 0.3) is 0 Å². The number of aliphatic hydroxyl groups excluding tert-OH is 1. The molecule has 0 saturated carbocycles. The number of piperazine rings is 2. The molecule has 14 heterocycles. The highest BCUT2D eigenvalue weighted by Crippen LogP contribution is 2.68. The van der Waals surface area contributed by atoms with Crippen molar-refractivity contribution >= 4 is 35.5 Å². The monoisotopic (exact) mass is 1530 g/mol. The van der Waals surface area contributed by atoms with E-state index in [1.165, 1.54) is 14.2 Å².